The fourth-order valence-corrected chi connectivity index (χ4v) is 5.28. The van der Waals surface area contributed by atoms with Gasteiger partial charge in [0.2, 0.25) is 11.1 Å². The van der Waals surface area contributed by atoms with Gasteiger partial charge in [-0.25, -0.2) is 4.21 Å². The summed E-state index contributed by atoms with van der Waals surface area (Å²) in [5.74, 6) is 2.74. The minimum absolute atomic E-state index is 0.276. The highest BCUT2D eigenvalue weighted by Crippen LogP contribution is 2.39. The molecule has 0 spiro atoms. The molecule has 3 aromatic rings. The van der Waals surface area contributed by atoms with E-state index in [9.17, 15) is 4.21 Å². The standard InChI is InChI=1S/C30H38O4S.C2H6/c1-7-11-23-14-16-25(32-5)20-27(23)22(4)19-24-15-17-29(33-6)30(28(24)18-21(2)3)34-35(31)26-12-9-8-10-13-26;1-2/h8-10,12-17,20-22H,7,11,18-19H2,1-6H3;1-2H3. The van der Waals surface area contributed by atoms with Gasteiger partial charge in [-0.3, -0.25) is 0 Å². The van der Waals surface area contributed by atoms with E-state index in [1.807, 2.05) is 56.3 Å². The number of hydrogen-bond donors (Lipinski definition) is 0. The number of benzene rings is 3. The maximum Gasteiger partial charge on any atom is 0.240 e. The van der Waals surface area contributed by atoms with Crippen LogP contribution in [0.1, 0.15) is 76.1 Å². The minimum atomic E-state index is -1.64. The molecule has 3 aromatic carbocycles. The van der Waals surface area contributed by atoms with Crippen molar-refractivity contribution in [1.82, 2.24) is 0 Å². The molecule has 37 heavy (non-hydrogen) atoms. The maximum absolute atomic E-state index is 13.1. The molecule has 2 unspecified atom stereocenters. The Labute approximate surface area is 227 Å². The summed E-state index contributed by atoms with van der Waals surface area (Å²) in [6, 6.07) is 19.7. The van der Waals surface area contributed by atoms with Crippen molar-refractivity contribution < 1.29 is 17.9 Å². The van der Waals surface area contributed by atoms with Gasteiger partial charge < -0.3 is 13.7 Å². The number of rotatable bonds is 12. The zero-order chi connectivity index (χ0) is 27.4. The molecule has 0 aromatic heterocycles. The van der Waals surface area contributed by atoms with E-state index >= 15 is 0 Å². The van der Waals surface area contributed by atoms with Crippen LogP contribution in [0, 0.1) is 5.92 Å². The summed E-state index contributed by atoms with van der Waals surface area (Å²) < 4.78 is 30.4. The van der Waals surface area contributed by atoms with E-state index in [4.69, 9.17) is 13.7 Å². The fourth-order valence-electron chi connectivity index (χ4n) is 4.47. The van der Waals surface area contributed by atoms with Crippen LogP contribution in [-0.2, 0) is 30.3 Å². The quantitative estimate of drug-likeness (QED) is 0.239. The second-order valence-corrected chi connectivity index (χ2v) is 10.5. The molecule has 0 aliphatic rings. The average molecular weight is 525 g/mol. The molecule has 0 heterocycles. The number of ether oxygens (including phenoxy) is 2. The van der Waals surface area contributed by atoms with Crippen molar-refractivity contribution in [3.05, 3.63) is 82.9 Å². The lowest BCUT2D eigenvalue weighted by molar-refractivity contribution is 0.393. The third-order valence-electron chi connectivity index (χ3n) is 6.18. The number of hydrogen-bond acceptors (Lipinski definition) is 4. The van der Waals surface area contributed by atoms with Gasteiger partial charge >= 0.3 is 0 Å². The first-order valence-electron chi connectivity index (χ1n) is 13.4. The molecule has 0 saturated heterocycles. The average Bonchev–Trinajstić information content (AvgIpc) is 2.92. The van der Waals surface area contributed by atoms with Gasteiger partial charge in [-0.1, -0.05) is 78.3 Å². The van der Waals surface area contributed by atoms with Crippen LogP contribution in [-0.4, -0.2) is 18.4 Å². The molecule has 0 saturated carbocycles. The van der Waals surface area contributed by atoms with E-state index in [1.165, 1.54) is 16.7 Å². The van der Waals surface area contributed by atoms with Gasteiger partial charge in [-0.15, -0.1) is 0 Å². The van der Waals surface area contributed by atoms with E-state index in [-0.39, 0.29) is 5.92 Å². The lowest BCUT2D eigenvalue weighted by Crippen LogP contribution is -2.11. The van der Waals surface area contributed by atoms with Crippen LogP contribution in [0.15, 0.2) is 65.6 Å². The van der Waals surface area contributed by atoms with Gasteiger partial charge in [0, 0.05) is 5.56 Å². The topological polar surface area (TPSA) is 44.8 Å². The second-order valence-electron chi connectivity index (χ2n) is 9.38. The van der Waals surface area contributed by atoms with Crippen molar-refractivity contribution in [2.24, 2.45) is 5.92 Å². The van der Waals surface area contributed by atoms with Gasteiger partial charge in [0.1, 0.15) is 5.75 Å². The fraction of sp³-hybridized carbons (Fsp3) is 0.438. The lowest BCUT2D eigenvalue weighted by atomic mass is 9.85. The molecule has 0 aliphatic carbocycles. The maximum atomic E-state index is 13.1. The first kappa shape index (κ1) is 30.4. The van der Waals surface area contributed by atoms with Crippen LogP contribution in [0.5, 0.6) is 17.2 Å². The van der Waals surface area contributed by atoms with E-state index < -0.39 is 11.1 Å². The van der Waals surface area contributed by atoms with Crippen molar-refractivity contribution >= 4 is 11.1 Å². The Kier molecular flexibility index (Phi) is 12.7. The van der Waals surface area contributed by atoms with Crippen LogP contribution in [0.4, 0.5) is 0 Å². The van der Waals surface area contributed by atoms with E-state index in [1.54, 1.807) is 14.2 Å². The molecular formula is C32H44O4S. The highest BCUT2D eigenvalue weighted by atomic mass is 32.2. The van der Waals surface area contributed by atoms with Crippen LogP contribution < -0.4 is 13.7 Å². The molecule has 202 valence electrons. The zero-order valence-corrected chi connectivity index (χ0v) is 24.6. The normalized spacial score (nSPS) is 12.4. The molecule has 0 fully saturated rings. The molecule has 3 rings (SSSR count). The minimum Gasteiger partial charge on any atom is -0.497 e. The molecule has 0 bridgehead atoms. The van der Waals surface area contributed by atoms with Crippen molar-refractivity contribution in [2.45, 2.75) is 78.0 Å². The Bertz CT molecular complexity index is 1130. The molecule has 0 aliphatic heterocycles. The molecule has 0 N–H and O–H groups in total. The molecule has 2 atom stereocenters. The van der Waals surface area contributed by atoms with E-state index in [0.29, 0.717) is 22.3 Å². The highest BCUT2D eigenvalue weighted by Gasteiger charge is 2.22. The van der Waals surface area contributed by atoms with Gasteiger partial charge in [-0.05, 0) is 78.1 Å². The largest absolute Gasteiger partial charge is 0.497 e. The van der Waals surface area contributed by atoms with Gasteiger partial charge in [-0.2, -0.15) is 0 Å². The summed E-state index contributed by atoms with van der Waals surface area (Å²) in [5.41, 5.74) is 4.93. The predicted molar refractivity (Wildman–Crippen MR) is 155 cm³/mol. The Balaban J connectivity index is 0.00000235. The van der Waals surface area contributed by atoms with Crippen LogP contribution in [0.2, 0.25) is 0 Å². The first-order valence-corrected chi connectivity index (χ1v) is 14.5. The Hall–Kier alpha value is -2.79. The molecule has 5 heteroatoms. The lowest BCUT2D eigenvalue weighted by Gasteiger charge is -2.22. The summed E-state index contributed by atoms with van der Waals surface area (Å²) >= 11 is -1.64. The third-order valence-corrected chi connectivity index (χ3v) is 7.15. The van der Waals surface area contributed by atoms with E-state index in [2.05, 4.69) is 45.9 Å². The summed E-state index contributed by atoms with van der Waals surface area (Å²) in [6.45, 7) is 12.8. The monoisotopic (exact) mass is 524 g/mol. The van der Waals surface area contributed by atoms with Crippen molar-refractivity contribution in [2.75, 3.05) is 14.2 Å². The van der Waals surface area contributed by atoms with Crippen LogP contribution in [0.25, 0.3) is 0 Å². The van der Waals surface area contributed by atoms with Crippen molar-refractivity contribution in [3.63, 3.8) is 0 Å². The van der Waals surface area contributed by atoms with Crippen molar-refractivity contribution in [3.8, 4) is 17.2 Å². The smallest absolute Gasteiger partial charge is 0.240 e. The number of methoxy groups -OCH3 is 2. The van der Waals surface area contributed by atoms with Gasteiger partial charge in [0.05, 0.1) is 19.1 Å². The Morgan fingerprint density at radius 3 is 2.11 bits per heavy atom. The summed E-state index contributed by atoms with van der Waals surface area (Å²) in [5, 5.41) is 0. The van der Waals surface area contributed by atoms with E-state index in [0.717, 1.165) is 37.0 Å². The van der Waals surface area contributed by atoms with Crippen LogP contribution in [0.3, 0.4) is 0 Å². The summed E-state index contributed by atoms with van der Waals surface area (Å²) in [4.78, 5) is 0.629. The first-order chi connectivity index (χ1) is 17.9. The molecule has 4 nitrogen and oxygen atoms in total. The molecule has 0 amide bonds. The predicted octanol–water partition coefficient (Wildman–Crippen LogP) is 8.33. The number of aryl methyl sites for hydroxylation is 1. The Morgan fingerprint density at radius 2 is 1.51 bits per heavy atom. The third kappa shape index (κ3) is 8.36. The zero-order valence-electron chi connectivity index (χ0n) is 23.8. The van der Waals surface area contributed by atoms with Gasteiger partial charge in [0.25, 0.3) is 0 Å². The second kappa shape index (κ2) is 15.5. The SMILES string of the molecule is CC.CCCc1ccc(OC)cc1C(C)Cc1ccc(OC)c(OS(=O)c2ccccc2)c1CC(C)C. The highest BCUT2D eigenvalue weighted by molar-refractivity contribution is 7.80. The molecular weight excluding hydrogens is 480 g/mol. The summed E-state index contributed by atoms with van der Waals surface area (Å²) in [7, 11) is 3.34. The van der Waals surface area contributed by atoms with Crippen LogP contribution >= 0.6 is 0 Å². The summed E-state index contributed by atoms with van der Waals surface area (Å²) in [6.07, 6.45) is 3.77. The molecule has 0 radical (unpaired) electrons. The Morgan fingerprint density at radius 1 is 0.838 bits per heavy atom. The van der Waals surface area contributed by atoms with Crippen molar-refractivity contribution in [1.29, 1.82) is 0 Å². The van der Waals surface area contributed by atoms with Gasteiger partial charge in [0.15, 0.2) is 11.5 Å².